The highest BCUT2D eigenvalue weighted by molar-refractivity contribution is 7.91. The number of halogens is 2. The molecule has 2 bridgehead atoms. The zero-order valence-corrected chi connectivity index (χ0v) is 22.3. The van der Waals surface area contributed by atoms with E-state index in [-0.39, 0.29) is 46.7 Å². The fraction of sp³-hybridized carbons (Fsp3) is 0.444. The maximum Gasteiger partial charge on any atom is 0.246 e. The predicted octanol–water partition coefficient (Wildman–Crippen LogP) is 3.53. The van der Waals surface area contributed by atoms with Gasteiger partial charge in [0, 0.05) is 12.1 Å². The van der Waals surface area contributed by atoms with E-state index in [4.69, 9.17) is 4.98 Å². The quantitative estimate of drug-likeness (QED) is 0.524. The Morgan fingerprint density at radius 3 is 2.64 bits per heavy atom. The number of sulfone groups is 1. The molecule has 39 heavy (non-hydrogen) atoms. The van der Waals surface area contributed by atoms with Crippen molar-refractivity contribution in [2.45, 2.75) is 44.4 Å². The molecule has 2 aliphatic carbocycles. The first kappa shape index (κ1) is 24.5. The molecule has 1 saturated heterocycles. The van der Waals surface area contributed by atoms with Crippen LogP contribution in [0.1, 0.15) is 56.0 Å². The summed E-state index contributed by atoms with van der Waals surface area (Å²) in [6.45, 7) is 4.66. The lowest BCUT2D eigenvalue weighted by Crippen LogP contribution is -2.42. The summed E-state index contributed by atoms with van der Waals surface area (Å²) in [5.41, 5.74) is 4.95. The topological polar surface area (TPSA) is 113 Å². The van der Waals surface area contributed by atoms with E-state index in [1.807, 2.05) is 6.07 Å². The fourth-order valence-electron chi connectivity index (χ4n) is 7.17. The Morgan fingerprint density at radius 2 is 1.90 bits per heavy atom. The molecule has 3 aromatic rings. The number of aromatic nitrogens is 4. The van der Waals surface area contributed by atoms with Crippen molar-refractivity contribution in [1.82, 2.24) is 25.6 Å². The number of hydrazine groups is 1. The Kier molecular flexibility index (Phi) is 5.17. The molecule has 0 radical (unpaired) electrons. The summed E-state index contributed by atoms with van der Waals surface area (Å²) < 4.78 is 53.0. The van der Waals surface area contributed by atoms with Gasteiger partial charge in [0.15, 0.2) is 9.84 Å². The smallest absolute Gasteiger partial charge is 0.246 e. The zero-order chi connectivity index (χ0) is 27.2. The van der Waals surface area contributed by atoms with Crippen molar-refractivity contribution in [2.75, 3.05) is 23.2 Å². The van der Waals surface area contributed by atoms with E-state index in [0.717, 1.165) is 29.8 Å². The lowest BCUT2D eigenvalue weighted by Gasteiger charge is -2.37. The van der Waals surface area contributed by atoms with Crippen LogP contribution in [0.25, 0.3) is 11.3 Å². The Morgan fingerprint density at radius 1 is 1.10 bits per heavy atom. The van der Waals surface area contributed by atoms with Gasteiger partial charge in [-0.3, -0.25) is 5.43 Å². The molecule has 9 nitrogen and oxygen atoms in total. The lowest BCUT2D eigenvalue weighted by molar-refractivity contribution is 0.242. The minimum Gasteiger partial charge on any atom is -0.281 e. The van der Waals surface area contributed by atoms with E-state index in [0.29, 0.717) is 18.2 Å². The van der Waals surface area contributed by atoms with Crippen LogP contribution >= 0.6 is 0 Å². The summed E-state index contributed by atoms with van der Waals surface area (Å²) in [6, 6.07) is 7.47. The van der Waals surface area contributed by atoms with Crippen LogP contribution in [0.15, 0.2) is 41.5 Å². The standard InChI is InChI=1S/C27H27F2N7O2S/c1-26(2)17-6-9-27(26,23-16(17)12-20(33-34-23)22-18(28)4-3-5-19(22)29)21-7-10-30-25(32-21)36-14-31-24(35-36)15-8-11-39(37,38)13-15/h3-5,7,10,12,15,17H,6,8-9,11,13-14H2,1-2H3,(H,31,35)/t15-,17-,27-/m0/s1. The largest absolute Gasteiger partial charge is 0.281 e. The van der Waals surface area contributed by atoms with Crippen LogP contribution < -0.4 is 10.4 Å². The fourth-order valence-corrected chi connectivity index (χ4v) is 8.92. The average Bonchev–Trinajstić information content (AvgIpc) is 3.64. The third kappa shape index (κ3) is 3.46. The van der Waals surface area contributed by atoms with Gasteiger partial charge in [-0.15, -0.1) is 5.10 Å². The number of rotatable bonds is 4. The second-order valence-electron chi connectivity index (χ2n) is 11.4. The maximum atomic E-state index is 14.6. The highest BCUT2D eigenvalue weighted by Gasteiger charge is 2.65. The molecule has 0 spiro atoms. The first-order valence-corrected chi connectivity index (χ1v) is 14.9. The number of aliphatic imine (C=N–C) groups is 1. The molecule has 202 valence electrons. The molecular weight excluding hydrogens is 524 g/mol. The van der Waals surface area contributed by atoms with E-state index in [1.54, 1.807) is 17.3 Å². The number of hydrogen-bond acceptors (Lipinski definition) is 9. The molecule has 1 saturated carbocycles. The maximum absolute atomic E-state index is 14.6. The Hall–Kier alpha value is -3.54. The monoisotopic (exact) mass is 551 g/mol. The van der Waals surface area contributed by atoms with E-state index in [1.165, 1.54) is 18.2 Å². The summed E-state index contributed by atoms with van der Waals surface area (Å²) in [6.07, 6.45) is 3.96. The van der Waals surface area contributed by atoms with Gasteiger partial charge in [0.05, 0.1) is 39.6 Å². The summed E-state index contributed by atoms with van der Waals surface area (Å²) >= 11 is 0. The summed E-state index contributed by atoms with van der Waals surface area (Å²) in [7, 11) is -3.03. The molecule has 4 heterocycles. The normalized spacial score (nSPS) is 27.9. The molecule has 4 aliphatic rings. The number of anilines is 1. The van der Waals surface area contributed by atoms with Crippen molar-refractivity contribution < 1.29 is 17.2 Å². The second kappa shape index (κ2) is 8.23. The highest BCUT2D eigenvalue weighted by Crippen LogP contribution is 2.69. The molecule has 1 N–H and O–H groups in total. The van der Waals surface area contributed by atoms with Crippen molar-refractivity contribution in [3.8, 4) is 11.3 Å². The van der Waals surface area contributed by atoms with Gasteiger partial charge in [-0.25, -0.2) is 37.2 Å². The van der Waals surface area contributed by atoms with Crippen LogP contribution in [0, 0.1) is 23.0 Å². The van der Waals surface area contributed by atoms with Crippen LogP contribution in [0.4, 0.5) is 14.7 Å². The van der Waals surface area contributed by atoms with E-state index in [2.05, 4.69) is 39.4 Å². The number of nitrogens with zero attached hydrogens (tertiary/aromatic N) is 6. The van der Waals surface area contributed by atoms with Crippen molar-refractivity contribution >= 4 is 21.6 Å². The number of nitrogens with one attached hydrogen (secondary N) is 1. The van der Waals surface area contributed by atoms with Crippen molar-refractivity contribution in [3.63, 3.8) is 0 Å². The SMILES string of the molecule is CC1(C)[C@H]2CC[C@]1(c1ccnc(N3CN=C([C@H]4CCS(=O)(=O)C4)N3)n1)c1nnc(-c3c(F)cccc3F)cc12. The van der Waals surface area contributed by atoms with Crippen LogP contribution in [-0.4, -0.2) is 52.6 Å². The Bertz CT molecular complexity index is 1640. The summed E-state index contributed by atoms with van der Waals surface area (Å²) in [4.78, 5) is 14.0. The number of hydrogen-bond donors (Lipinski definition) is 1. The third-order valence-electron chi connectivity index (χ3n) is 9.17. The van der Waals surface area contributed by atoms with Crippen molar-refractivity contribution in [2.24, 2.45) is 16.3 Å². The predicted molar refractivity (Wildman–Crippen MR) is 141 cm³/mol. The van der Waals surface area contributed by atoms with Gasteiger partial charge < -0.3 is 0 Å². The van der Waals surface area contributed by atoms with Crippen molar-refractivity contribution in [3.05, 3.63) is 65.1 Å². The van der Waals surface area contributed by atoms with Gasteiger partial charge in [-0.1, -0.05) is 19.9 Å². The average molecular weight is 552 g/mol. The Labute approximate surface area is 224 Å². The first-order valence-electron chi connectivity index (χ1n) is 13.1. The van der Waals surface area contributed by atoms with Crippen LogP contribution in [0.3, 0.4) is 0 Å². The molecule has 0 unspecified atom stereocenters. The van der Waals surface area contributed by atoms with Gasteiger partial charge in [-0.2, -0.15) is 5.10 Å². The van der Waals surface area contributed by atoms with Gasteiger partial charge in [-0.05, 0) is 60.4 Å². The molecular formula is C27H27F2N7O2S. The summed E-state index contributed by atoms with van der Waals surface area (Å²) in [5.74, 6) is -0.00830. The molecule has 1 aromatic carbocycles. The van der Waals surface area contributed by atoms with Crippen LogP contribution in [0.5, 0.6) is 0 Å². The molecule has 12 heteroatoms. The molecule has 2 fully saturated rings. The molecule has 3 atom stereocenters. The molecule has 0 amide bonds. The third-order valence-corrected chi connectivity index (χ3v) is 10.9. The van der Waals surface area contributed by atoms with Crippen LogP contribution in [0.2, 0.25) is 0 Å². The van der Waals surface area contributed by atoms with Crippen molar-refractivity contribution in [1.29, 1.82) is 0 Å². The number of amidine groups is 1. The minimum atomic E-state index is -3.03. The van der Waals surface area contributed by atoms with E-state index in [9.17, 15) is 17.2 Å². The van der Waals surface area contributed by atoms with E-state index < -0.39 is 26.9 Å². The number of benzene rings is 1. The lowest BCUT2D eigenvalue weighted by atomic mass is 9.66. The molecule has 7 rings (SSSR count). The highest BCUT2D eigenvalue weighted by atomic mass is 32.2. The van der Waals surface area contributed by atoms with E-state index >= 15 is 0 Å². The molecule has 2 aliphatic heterocycles. The van der Waals surface area contributed by atoms with Gasteiger partial charge in [0.2, 0.25) is 5.95 Å². The Balaban J connectivity index is 1.24. The zero-order valence-electron chi connectivity index (χ0n) is 21.5. The first-order chi connectivity index (χ1) is 18.6. The number of fused-ring (bicyclic) bond motifs is 5. The van der Waals surface area contributed by atoms with Crippen LogP contribution in [-0.2, 0) is 15.3 Å². The van der Waals surface area contributed by atoms with Gasteiger partial charge >= 0.3 is 0 Å². The summed E-state index contributed by atoms with van der Waals surface area (Å²) in [5, 5.41) is 10.6. The second-order valence-corrected chi connectivity index (χ2v) is 13.6. The minimum absolute atomic E-state index is 0.0977. The van der Waals surface area contributed by atoms with Gasteiger partial charge in [0.1, 0.15) is 24.1 Å². The van der Waals surface area contributed by atoms with Gasteiger partial charge in [0.25, 0.3) is 0 Å². The molecule has 2 aromatic heterocycles.